The van der Waals surface area contributed by atoms with Gasteiger partial charge in [-0.1, -0.05) is 11.6 Å². The first-order valence-electron chi connectivity index (χ1n) is 6.02. The van der Waals surface area contributed by atoms with Crippen LogP contribution in [0, 0.1) is 0 Å². The van der Waals surface area contributed by atoms with Crippen molar-refractivity contribution in [2.24, 2.45) is 11.5 Å². The summed E-state index contributed by atoms with van der Waals surface area (Å²) in [5, 5.41) is 0.605. The molecular formula is C12H16BrClN4O. The van der Waals surface area contributed by atoms with Crippen molar-refractivity contribution in [3.05, 3.63) is 21.9 Å². The van der Waals surface area contributed by atoms with Gasteiger partial charge in [0, 0.05) is 37.4 Å². The van der Waals surface area contributed by atoms with Gasteiger partial charge in [-0.05, 0) is 28.8 Å². The lowest BCUT2D eigenvalue weighted by Crippen LogP contribution is -2.52. The average molecular weight is 348 g/mol. The third-order valence-electron chi connectivity index (χ3n) is 3.43. The predicted octanol–water partition coefficient (Wildman–Crippen LogP) is 1.67. The number of carbonyl (C=O) groups is 1. The fourth-order valence-corrected chi connectivity index (χ4v) is 3.38. The van der Waals surface area contributed by atoms with Gasteiger partial charge in [0.2, 0.25) is 5.91 Å². The van der Waals surface area contributed by atoms with Crippen LogP contribution in [0.15, 0.2) is 16.9 Å². The average Bonchev–Trinajstić information content (AvgIpc) is 2.30. The largest absolute Gasteiger partial charge is 0.370 e. The summed E-state index contributed by atoms with van der Waals surface area (Å²) >= 11 is 9.64. The summed E-state index contributed by atoms with van der Waals surface area (Å²) in [5.41, 5.74) is 11.9. The molecule has 1 saturated heterocycles. The van der Waals surface area contributed by atoms with Gasteiger partial charge in [-0.25, -0.2) is 0 Å². The molecule has 2 heterocycles. The molecule has 0 saturated carbocycles. The Bertz CT molecular complexity index is 468. The molecule has 0 aromatic carbocycles. The molecule has 4 N–H and O–H groups in total. The van der Waals surface area contributed by atoms with E-state index in [0.717, 1.165) is 23.2 Å². The molecule has 0 atom stereocenters. The third kappa shape index (κ3) is 3.38. The Labute approximate surface area is 125 Å². The van der Waals surface area contributed by atoms with Gasteiger partial charge in [-0.2, -0.15) is 0 Å². The van der Waals surface area contributed by atoms with Crippen LogP contribution in [0.3, 0.4) is 0 Å². The highest BCUT2D eigenvalue weighted by atomic mass is 79.9. The van der Waals surface area contributed by atoms with Crippen LogP contribution in [0.2, 0.25) is 5.02 Å². The SMILES string of the molecule is NC(=O)CC1(N)CCN(c2c(Cl)cncc2Br)CC1. The number of rotatable bonds is 3. The lowest BCUT2D eigenvalue weighted by Gasteiger charge is -2.40. The summed E-state index contributed by atoms with van der Waals surface area (Å²) in [4.78, 5) is 17.2. The van der Waals surface area contributed by atoms with Crippen LogP contribution in [0.4, 0.5) is 5.69 Å². The number of nitrogens with two attached hydrogens (primary N) is 2. The topological polar surface area (TPSA) is 85.2 Å². The van der Waals surface area contributed by atoms with E-state index in [0.29, 0.717) is 17.9 Å². The molecule has 1 fully saturated rings. The van der Waals surface area contributed by atoms with Crippen molar-refractivity contribution < 1.29 is 4.79 Å². The molecule has 0 radical (unpaired) electrons. The van der Waals surface area contributed by atoms with Crippen molar-refractivity contribution in [3.8, 4) is 0 Å². The highest BCUT2D eigenvalue weighted by molar-refractivity contribution is 9.10. The van der Waals surface area contributed by atoms with Crippen LogP contribution >= 0.6 is 27.5 Å². The number of primary amides is 1. The summed E-state index contributed by atoms with van der Waals surface area (Å²) in [6, 6.07) is 0. The monoisotopic (exact) mass is 346 g/mol. The fraction of sp³-hybridized carbons (Fsp3) is 0.500. The Kier molecular flexibility index (Phi) is 4.32. The van der Waals surface area contributed by atoms with E-state index in [1.54, 1.807) is 12.4 Å². The Balaban J connectivity index is 2.10. The van der Waals surface area contributed by atoms with E-state index in [1.807, 2.05) is 0 Å². The Hall–Kier alpha value is -0.850. The number of aromatic nitrogens is 1. The molecule has 1 amide bonds. The number of piperidine rings is 1. The number of anilines is 1. The molecule has 0 unspecified atom stereocenters. The van der Waals surface area contributed by atoms with Crippen LogP contribution in [0.25, 0.3) is 0 Å². The first-order valence-corrected chi connectivity index (χ1v) is 7.19. The number of amides is 1. The third-order valence-corrected chi connectivity index (χ3v) is 4.29. The number of pyridine rings is 1. The smallest absolute Gasteiger partial charge is 0.219 e. The molecule has 1 aromatic rings. The molecule has 19 heavy (non-hydrogen) atoms. The minimum atomic E-state index is -0.492. The van der Waals surface area contributed by atoms with E-state index in [4.69, 9.17) is 23.1 Å². The van der Waals surface area contributed by atoms with Crippen molar-refractivity contribution in [1.82, 2.24) is 4.98 Å². The molecule has 0 spiro atoms. The van der Waals surface area contributed by atoms with Crippen LogP contribution in [0.5, 0.6) is 0 Å². The molecular weight excluding hydrogens is 332 g/mol. The normalized spacial score (nSPS) is 18.4. The molecule has 0 bridgehead atoms. The quantitative estimate of drug-likeness (QED) is 0.871. The van der Waals surface area contributed by atoms with Gasteiger partial charge in [-0.15, -0.1) is 0 Å². The summed E-state index contributed by atoms with van der Waals surface area (Å²) in [5.74, 6) is -0.348. The second-order valence-corrected chi connectivity index (χ2v) is 6.21. The first kappa shape index (κ1) is 14.6. The van der Waals surface area contributed by atoms with Gasteiger partial charge in [0.15, 0.2) is 0 Å². The Morgan fingerprint density at radius 1 is 1.47 bits per heavy atom. The van der Waals surface area contributed by atoms with Crippen molar-refractivity contribution in [1.29, 1.82) is 0 Å². The van der Waals surface area contributed by atoms with E-state index in [9.17, 15) is 4.79 Å². The van der Waals surface area contributed by atoms with Crippen molar-refractivity contribution in [2.45, 2.75) is 24.8 Å². The van der Waals surface area contributed by atoms with Gasteiger partial charge in [0.1, 0.15) is 0 Å². The van der Waals surface area contributed by atoms with Gasteiger partial charge in [0.05, 0.1) is 15.2 Å². The zero-order chi connectivity index (χ0) is 14.0. The minimum absolute atomic E-state index is 0.228. The van der Waals surface area contributed by atoms with E-state index < -0.39 is 5.54 Å². The lowest BCUT2D eigenvalue weighted by molar-refractivity contribution is -0.119. The zero-order valence-corrected chi connectivity index (χ0v) is 12.7. The minimum Gasteiger partial charge on any atom is -0.370 e. The second-order valence-electron chi connectivity index (χ2n) is 4.94. The van der Waals surface area contributed by atoms with Gasteiger partial charge in [-0.3, -0.25) is 9.78 Å². The molecule has 1 aliphatic heterocycles. The summed E-state index contributed by atoms with van der Waals surface area (Å²) in [6.45, 7) is 1.48. The first-order chi connectivity index (χ1) is 8.91. The zero-order valence-electron chi connectivity index (χ0n) is 10.4. The number of nitrogens with zero attached hydrogens (tertiary/aromatic N) is 2. The predicted molar refractivity (Wildman–Crippen MR) is 79.1 cm³/mol. The van der Waals surface area contributed by atoms with Gasteiger partial charge >= 0.3 is 0 Å². The molecule has 1 aromatic heterocycles. The molecule has 1 aliphatic rings. The summed E-state index contributed by atoms with van der Waals surface area (Å²) in [6.07, 6.45) is 4.98. The Morgan fingerprint density at radius 3 is 2.63 bits per heavy atom. The molecule has 7 heteroatoms. The molecule has 5 nitrogen and oxygen atoms in total. The van der Waals surface area contributed by atoms with E-state index in [-0.39, 0.29) is 12.3 Å². The maximum absolute atomic E-state index is 11.0. The molecule has 104 valence electrons. The summed E-state index contributed by atoms with van der Waals surface area (Å²) < 4.78 is 0.861. The Morgan fingerprint density at radius 2 is 2.11 bits per heavy atom. The van der Waals surface area contributed by atoms with Gasteiger partial charge < -0.3 is 16.4 Å². The van der Waals surface area contributed by atoms with E-state index in [2.05, 4.69) is 25.8 Å². The standard InChI is InChI=1S/C12H16BrClN4O/c13-8-6-17-7-9(14)11(8)18-3-1-12(16,2-4-18)5-10(15)19/h6-7H,1-5,16H2,(H2,15,19). The van der Waals surface area contributed by atoms with Crippen molar-refractivity contribution >= 4 is 39.1 Å². The second kappa shape index (κ2) is 5.64. The summed E-state index contributed by atoms with van der Waals surface area (Å²) in [7, 11) is 0. The maximum Gasteiger partial charge on any atom is 0.219 e. The number of carbonyl (C=O) groups excluding carboxylic acids is 1. The molecule has 2 rings (SSSR count). The van der Waals surface area contributed by atoms with Crippen LogP contribution < -0.4 is 16.4 Å². The van der Waals surface area contributed by atoms with Gasteiger partial charge in [0.25, 0.3) is 0 Å². The fourth-order valence-electron chi connectivity index (χ4n) is 2.41. The van der Waals surface area contributed by atoms with E-state index >= 15 is 0 Å². The van der Waals surface area contributed by atoms with E-state index in [1.165, 1.54) is 0 Å². The number of halogens is 2. The van der Waals surface area contributed by atoms with Crippen LogP contribution in [-0.4, -0.2) is 29.5 Å². The number of hydrogen-bond acceptors (Lipinski definition) is 4. The van der Waals surface area contributed by atoms with Crippen molar-refractivity contribution in [3.63, 3.8) is 0 Å². The van der Waals surface area contributed by atoms with Crippen LogP contribution in [0.1, 0.15) is 19.3 Å². The maximum atomic E-state index is 11.0. The van der Waals surface area contributed by atoms with Crippen LogP contribution in [-0.2, 0) is 4.79 Å². The lowest BCUT2D eigenvalue weighted by atomic mass is 9.85. The molecule has 0 aliphatic carbocycles. The van der Waals surface area contributed by atoms with Crippen molar-refractivity contribution in [2.75, 3.05) is 18.0 Å². The highest BCUT2D eigenvalue weighted by Gasteiger charge is 2.33. The highest BCUT2D eigenvalue weighted by Crippen LogP contribution is 2.36. The number of hydrogen-bond donors (Lipinski definition) is 2.